The van der Waals surface area contributed by atoms with Gasteiger partial charge >= 0.3 is 0 Å². The maximum Gasteiger partial charge on any atom is 0.284 e. The monoisotopic (exact) mass is 462 g/mol. The minimum atomic E-state index is -3.91. The summed E-state index contributed by atoms with van der Waals surface area (Å²) in [6.45, 7) is 3.81. The Kier molecular flexibility index (Phi) is 5.98. The van der Waals surface area contributed by atoms with E-state index >= 15 is 0 Å². The van der Waals surface area contributed by atoms with Crippen molar-refractivity contribution in [3.05, 3.63) is 82.2 Å². The predicted octanol–water partition coefficient (Wildman–Crippen LogP) is 4.30. The molecule has 1 saturated heterocycles. The molecule has 1 heterocycles. The predicted molar refractivity (Wildman–Crippen MR) is 113 cm³/mol. The Morgan fingerprint density at radius 2 is 1.78 bits per heavy atom. The summed E-state index contributed by atoms with van der Waals surface area (Å²) in [6.07, 6.45) is 3.25. The number of amidine groups is 1. The van der Waals surface area contributed by atoms with Gasteiger partial charge in [0.2, 0.25) is 0 Å². The molecule has 0 radical (unpaired) electrons. The summed E-state index contributed by atoms with van der Waals surface area (Å²) in [5, 5.41) is 0.118. The third-order valence-corrected chi connectivity index (χ3v) is 6.54. The second kappa shape index (κ2) is 8.24. The molecular formula is C19H15BrN2O3S2. The van der Waals surface area contributed by atoms with Crippen LogP contribution in [0.3, 0.4) is 0 Å². The molecule has 2 aromatic rings. The highest BCUT2D eigenvalue weighted by atomic mass is 79.9. The van der Waals surface area contributed by atoms with Gasteiger partial charge in [0.1, 0.15) is 0 Å². The third kappa shape index (κ3) is 4.58. The lowest BCUT2D eigenvalue weighted by Crippen LogP contribution is -2.29. The average Bonchev–Trinajstić information content (AvgIpc) is 2.93. The van der Waals surface area contributed by atoms with Crippen molar-refractivity contribution in [1.82, 2.24) is 4.90 Å². The smallest absolute Gasteiger partial charge is 0.282 e. The van der Waals surface area contributed by atoms with Crippen molar-refractivity contribution >= 4 is 54.9 Å². The van der Waals surface area contributed by atoms with Crippen molar-refractivity contribution in [3.8, 4) is 0 Å². The van der Waals surface area contributed by atoms with Gasteiger partial charge in [-0.3, -0.25) is 9.69 Å². The number of rotatable bonds is 5. The Morgan fingerprint density at radius 3 is 2.41 bits per heavy atom. The number of halogens is 1. The van der Waals surface area contributed by atoms with Crippen molar-refractivity contribution in [1.29, 1.82) is 0 Å². The van der Waals surface area contributed by atoms with E-state index in [1.165, 1.54) is 23.1 Å². The molecular weight excluding hydrogens is 448 g/mol. The molecule has 8 heteroatoms. The first-order chi connectivity index (χ1) is 12.9. The molecule has 27 heavy (non-hydrogen) atoms. The third-order valence-electron chi connectivity index (χ3n) is 3.61. The Balaban J connectivity index is 1.98. The van der Waals surface area contributed by atoms with Crippen molar-refractivity contribution in [3.63, 3.8) is 0 Å². The van der Waals surface area contributed by atoms with Gasteiger partial charge in [-0.15, -0.1) is 11.0 Å². The minimum absolute atomic E-state index is 0.0782. The molecule has 1 aliphatic heterocycles. The maximum absolute atomic E-state index is 12.7. The Morgan fingerprint density at radius 1 is 1.11 bits per heavy atom. The van der Waals surface area contributed by atoms with E-state index in [4.69, 9.17) is 0 Å². The number of carbonyl (C=O) groups excluding carboxylic acids is 1. The molecule has 1 fully saturated rings. The van der Waals surface area contributed by atoms with Crippen LogP contribution >= 0.6 is 27.7 Å². The van der Waals surface area contributed by atoms with Gasteiger partial charge in [0, 0.05) is 11.0 Å². The molecule has 0 aliphatic carbocycles. The number of nitrogens with zero attached hydrogens (tertiary/aromatic N) is 2. The number of amides is 1. The number of thioether (sulfide) groups is 1. The summed E-state index contributed by atoms with van der Waals surface area (Å²) >= 11 is 4.40. The fourth-order valence-electron chi connectivity index (χ4n) is 2.32. The fraction of sp³-hybridized carbons (Fsp3) is 0.0526. The fourth-order valence-corrected chi connectivity index (χ4v) is 4.80. The average molecular weight is 463 g/mol. The molecule has 0 bridgehead atoms. The van der Waals surface area contributed by atoms with Gasteiger partial charge in [-0.1, -0.05) is 52.3 Å². The summed E-state index contributed by atoms with van der Waals surface area (Å²) in [5.41, 5.74) is 0.833. The van der Waals surface area contributed by atoms with Crippen molar-refractivity contribution in [2.45, 2.75) is 4.90 Å². The summed E-state index contributed by atoms with van der Waals surface area (Å²) in [7, 11) is -3.91. The van der Waals surface area contributed by atoms with Crippen LogP contribution in [0.5, 0.6) is 0 Å². The second-order valence-corrected chi connectivity index (χ2v) is 9.06. The van der Waals surface area contributed by atoms with Gasteiger partial charge in [0.15, 0.2) is 5.17 Å². The van der Waals surface area contributed by atoms with Crippen LogP contribution in [-0.2, 0) is 14.8 Å². The molecule has 2 aromatic carbocycles. The van der Waals surface area contributed by atoms with Crippen LogP contribution in [-0.4, -0.2) is 30.9 Å². The lowest BCUT2D eigenvalue weighted by molar-refractivity contribution is -0.121. The Labute approximate surface area is 170 Å². The van der Waals surface area contributed by atoms with Crippen molar-refractivity contribution in [2.24, 2.45) is 4.40 Å². The molecule has 1 amide bonds. The van der Waals surface area contributed by atoms with Crippen molar-refractivity contribution < 1.29 is 13.2 Å². The second-order valence-electron chi connectivity index (χ2n) is 5.53. The lowest BCUT2D eigenvalue weighted by Gasteiger charge is -2.12. The molecule has 0 atom stereocenters. The highest BCUT2D eigenvalue weighted by molar-refractivity contribution is 9.10. The van der Waals surface area contributed by atoms with E-state index in [0.717, 1.165) is 21.8 Å². The van der Waals surface area contributed by atoms with E-state index in [-0.39, 0.29) is 22.5 Å². The largest absolute Gasteiger partial charge is 0.284 e. The number of sulfonamides is 1. The Hall–Kier alpha value is -2.16. The van der Waals surface area contributed by atoms with Crippen LogP contribution in [0, 0.1) is 0 Å². The molecule has 0 saturated carbocycles. The minimum Gasteiger partial charge on any atom is -0.282 e. The van der Waals surface area contributed by atoms with Crippen LogP contribution < -0.4 is 0 Å². The van der Waals surface area contributed by atoms with Gasteiger partial charge in [-0.25, -0.2) is 0 Å². The summed E-state index contributed by atoms with van der Waals surface area (Å²) in [6, 6.07) is 15.4. The number of benzene rings is 2. The molecule has 0 spiro atoms. The first-order valence-electron chi connectivity index (χ1n) is 7.88. The normalized spacial score (nSPS) is 17.7. The van der Waals surface area contributed by atoms with Crippen LogP contribution in [0.2, 0.25) is 0 Å². The quantitative estimate of drug-likeness (QED) is 0.490. The van der Waals surface area contributed by atoms with Gasteiger partial charge in [-0.05, 0) is 47.7 Å². The van der Waals surface area contributed by atoms with Crippen LogP contribution in [0.25, 0.3) is 6.08 Å². The number of hydrogen-bond donors (Lipinski definition) is 0. The molecule has 138 valence electrons. The van der Waals surface area contributed by atoms with Crippen LogP contribution in [0.15, 0.2) is 85.9 Å². The zero-order valence-electron chi connectivity index (χ0n) is 14.1. The topological polar surface area (TPSA) is 66.8 Å². The van der Waals surface area contributed by atoms with E-state index in [2.05, 4.69) is 26.9 Å². The zero-order valence-corrected chi connectivity index (χ0v) is 17.3. The van der Waals surface area contributed by atoms with E-state index in [0.29, 0.717) is 4.91 Å². The van der Waals surface area contributed by atoms with E-state index in [1.807, 2.05) is 24.3 Å². The van der Waals surface area contributed by atoms with Crippen LogP contribution in [0.1, 0.15) is 5.56 Å². The van der Waals surface area contributed by atoms with Crippen molar-refractivity contribution in [2.75, 3.05) is 6.54 Å². The highest BCUT2D eigenvalue weighted by Crippen LogP contribution is 2.33. The molecule has 5 nitrogen and oxygen atoms in total. The van der Waals surface area contributed by atoms with Gasteiger partial charge in [0.05, 0.1) is 9.80 Å². The first kappa shape index (κ1) is 19.6. The van der Waals surface area contributed by atoms with E-state index in [1.54, 1.807) is 24.3 Å². The lowest BCUT2D eigenvalue weighted by atomic mass is 10.2. The Bertz CT molecular complexity index is 1030. The van der Waals surface area contributed by atoms with Crippen LogP contribution in [0.4, 0.5) is 0 Å². The SMILES string of the molecule is C=CCN1C(=O)/C(=C/c2ccc(Br)cc2)S/C1=N/S(=O)(=O)c1ccccc1. The van der Waals surface area contributed by atoms with Gasteiger partial charge in [-0.2, -0.15) is 8.42 Å². The van der Waals surface area contributed by atoms with E-state index in [9.17, 15) is 13.2 Å². The molecule has 0 N–H and O–H groups in total. The summed E-state index contributed by atoms with van der Waals surface area (Å²) < 4.78 is 29.9. The molecule has 0 aromatic heterocycles. The first-order valence-corrected chi connectivity index (χ1v) is 10.9. The van der Waals surface area contributed by atoms with Gasteiger partial charge < -0.3 is 0 Å². The van der Waals surface area contributed by atoms with Gasteiger partial charge in [0.25, 0.3) is 15.9 Å². The standard InChI is InChI=1S/C19H15BrN2O3S2/c1-2-12-22-18(23)17(13-14-8-10-15(20)11-9-14)26-19(22)21-27(24,25)16-6-4-3-5-7-16/h2-11,13H,1,12H2/b17-13-,21-19+. The summed E-state index contributed by atoms with van der Waals surface area (Å²) in [4.78, 5) is 14.5. The summed E-state index contributed by atoms with van der Waals surface area (Å²) in [5.74, 6) is -0.301. The molecule has 3 rings (SSSR count). The zero-order chi connectivity index (χ0) is 19.4. The maximum atomic E-state index is 12.7. The molecule has 1 aliphatic rings. The number of hydrogen-bond acceptors (Lipinski definition) is 4. The highest BCUT2D eigenvalue weighted by Gasteiger charge is 2.34. The number of carbonyl (C=O) groups is 1. The van der Waals surface area contributed by atoms with E-state index < -0.39 is 10.0 Å². The molecule has 0 unspecified atom stereocenters.